The second kappa shape index (κ2) is 11.5. The molecule has 1 aromatic rings. The van der Waals surface area contributed by atoms with Gasteiger partial charge in [-0.3, -0.25) is 0 Å². The summed E-state index contributed by atoms with van der Waals surface area (Å²) in [7, 11) is -1.87. The molecule has 1 aromatic carbocycles. The first-order chi connectivity index (χ1) is 19.1. The molecule has 4 heteroatoms. The van der Waals surface area contributed by atoms with E-state index in [1.807, 2.05) is 6.08 Å². The monoisotopic (exact) mass is 564 g/mol. The molecule has 4 aliphatic carbocycles. The molecule has 222 valence electrons. The lowest BCUT2D eigenvalue weighted by molar-refractivity contribution is -0.193. The maximum absolute atomic E-state index is 12.5. The number of hydrogen-bond donors (Lipinski definition) is 1. The van der Waals surface area contributed by atoms with Crippen molar-refractivity contribution in [2.24, 2.45) is 34.5 Å². The SMILES string of the molecule is C=CC(C)[C@]1(O)CC[C@H]2[C@@H]3CC=C4C[C@@H](OCc5ccccc5)CC[C@]4(C)[C@H]3C[C@@H](O[Si](CC)(CC)CC)[C@@]21C. The minimum absolute atomic E-state index is 0.0635. The molecule has 5 rings (SSSR count). The van der Waals surface area contributed by atoms with Gasteiger partial charge in [0.15, 0.2) is 8.32 Å². The predicted octanol–water partition coefficient (Wildman–Crippen LogP) is 9.09. The number of rotatable bonds is 10. The van der Waals surface area contributed by atoms with Gasteiger partial charge in [-0.2, -0.15) is 0 Å². The Kier molecular flexibility index (Phi) is 8.68. The van der Waals surface area contributed by atoms with Crippen LogP contribution in [0.25, 0.3) is 0 Å². The van der Waals surface area contributed by atoms with E-state index in [0.717, 1.165) is 56.7 Å². The van der Waals surface area contributed by atoms with Crippen molar-refractivity contribution in [3.05, 3.63) is 60.2 Å². The molecule has 4 aliphatic rings. The van der Waals surface area contributed by atoms with Crippen LogP contribution in [0.4, 0.5) is 0 Å². The van der Waals surface area contributed by atoms with E-state index in [1.54, 1.807) is 5.57 Å². The lowest BCUT2D eigenvalue weighted by atomic mass is 9.45. The van der Waals surface area contributed by atoms with Crippen molar-refractivity contribution in [3.63, 3.8) is 0 Å². The van der Waals surface area contributed by atoms with Crippen LogP contribution in [0.3, 0.4) is 0 Å². The fourth-order valence-electron chi connectivity index (χ4n) is 9.97. The predicted molar refractivity (Wildman–Crippen MR) is 168 cm³/mol. The summed E-state index contributed by atoms with van der Waals surface area (Å²) in [5, 5.41) is 12.5. The van der Waals surface area contributed by atoms with Crippen LogP contribution in [0.2, 0.25) is 18.1 Å². The van der Waals surface area contributed by atoms with E-state index in [4.69, 9.17) is 9.16 Å². The summed E-state index contributed by atoms with van der Waals surface area (Å²) in [4.78, 5) is 0. The van der Waals surface area contributed by atoms with Crippen molar-refractivity contribution in [3.8, 4) is 0 Å². The first-order valence-electron chi connectivity index (χ1n) is 16.5. The van der Waals surface area contributed by atoms with Crippen molar-refractivity contribution in [1.82, 2.24) is 0 Å². The Bertz CT molecular complexity index is 1060. The lowest BCUT2D eigenvalue weighted by Gasteiger charge is -2.63. The third-order valence-electron chi connectivity index (χ3n) is 13.1. The average molecular weight is 565 g/mol. The van der Waals surface area contributed by atoms with Crippen LogP contribution in [-0.2, 0) is 15.8 Å². The van der Waals surface area contributed by atoms with Gasteiger partial charge in [-0.15, -0.1) is 6.58 Å². The number of ether oxygens (including phenoxy) is 1. The van der Waals surface area contributed by atoms with Crippen molar-refractivity contribution in [2.75, 3.05) is 0 Å². The van der Waals surface area contributed by atoms with Crippen LogP contribution in [0, 0.1) is 34.5 Å². The van der Waals surface area contributed by atoms with Gasteiger partial charge in [-0.1, -0.05) is 89.6 Å². The summed E-state index contributed by atoms with van der Waals surface area (Å²) in [5.41, 5.74) is 2.11. The van der Waals surface area contributed by atoms with E-state index in [9.17, 15) is 5.11 Å². The van der Waals surface area contributed by atoms with Crippen LogP contribution in [0.15, 0.2) is 54.6 Å². The Balaban J connectivity index is 1.45. The van der Waals surface area contributed by atoms with Crippen molar-refractivity contribution in [1.29, 1.82) is 0 Å². The molecule has 3 nitrogen and oxygen atoms in total. The molecular formula is C36H56O3Si. The van der Waals surface area contributed by atoms with Crippen molar-refractivity contribution < 1.29 is 14.3 Å². The molecule has 3 saturated carbocycles. The van der Waals surface area contributed by atoms with Gasteiger partial charge in [0.1, 0.15) is 0 Å². The molecule has 9 atom stereocenters. The van der Waals surface area contributed by atoms with E-state index in [2.05, 4.69) is 84.5 Å². The van der Waals surface area contributed by atoms with Gasteiger partial charge in [0.25, 0.3) is 0 Å². The first-order valence-corrected chi connectivity index (χ1v) is 19.0. The number of benzene rings is 1. The normalized spacial score (nSPS) is 40.0. The fraction of sp³-hybridized carbons (Fsp3) is 0.722. The highest BCUT2D eigenvalue weighted by atomic mass is 28.4. The second-order valence-electron chi connectivity index (χ2n) is 14.3. The summed E-state index contributed by atoms with van der Waals surface area (Å²) >= 11 is 0. The standard InChI is InChI=1S/C36H56O3Si/c1-8-26(5)36(37)22-20-31-30-18-17-28-23-29(38-25-27-15-13-12-14-16-27)19-21-34(28,6)32(30)24-33(35(31,36)7)39-40(9-2,10-3)11-4/h8,12-17,26,29-33,37H,1,9-11,18-25H2,2-7H3/t26?,29-,30-,31-,32-,33+,34-,35+,36+/m0/s1. The van der Waals surface area contributed by atoms with Crippen LogP contribution in [0.1, 0.15) is 92.1 Å². The summed E-state index contributed by atoms with van der Waals surface area (Å²) < 4.78 is 14.0. The van der Waals surface area contributed by atoms with Gasteiger partial charge in [0, 0.05) is 11.3 Å². The first kappa shape index (κ1) is 30.3. The topological polar surface area (TPSA) is 38.7 Å². The zero-order valence-corrected chi connectivity index (χ0v) is 27.3. The Morgan fingerprint density at radius 3 is 2.40 bits per heavy atom. The van der Waals surface area contributed by atoms with Crippen molar-refractivity contribution in [2.45, 2.75) is 129 Å². The van der Waals surface area contributed by atoms with E-state index in [0.29, 0.717) is 30.5 Å². The molecule has 0 aromatic heterocycles. The Morgan fingerprint density at radius 2 is 1.75 bits per heavy atom. The molecule has 0 aliphatic heterocycles. The van der Waals surface area contributed by atoms with Crippen LogP contribution in [-0.4, -0.2) is 31.2 Å². The maximum Gasteiger partial charge on any atom is 0.192 e. The number of fused-ring (bicyclic) bond motifs is 5. The molecule has 0 radical (unpaired) electrons. The molecule has 0 amide bonds. The highest BCUT2D eigenvalue weighted by Gasteiger charge is 2.69. The fourth-order valence-corrected chi connectivity index (χ4v) is 12.9. The van der Waals surface area contributed by atoms with Gasteiger partial charge < -0.3 is 14.3 Å². The highest BCUT2D eigenvalue weighted by molar-refractivity contribution is 6.73. The zero-order valence-electron chi connectivity index (χ0n) is 26.3. The smallest absolute Gasteiger partial charge is 0.192 e. The molecule has 3 fully saturated rings. The highest BCUT2D eigenvalue weighted by Crippen LogP contribution is 2.69. The Hall–Kier alpha value is -1.20. The molecule has 0 bridgehead atoms. The largest absolute Gasteiger partial charge is 0.413 e. The van der Waals surface area contributed by atoms with E-state index >= 15 is 0 Å². The Labute approximate surface area is 246 Å². The second-order valence-corrected chi connectivity index (χ2v) is 19.0. The Morgan fingerprint density at radius 1 is 1.05 bits per heavy atom. The molecule has 0 heterocycles. The van der Waals surface area contributed by atoms with E-state index < -0.39 is 13.9 Å². The third-order valence-corrected chi connectivity index (χ3v) is 17.7. The van der Waals surface area contributed by atoms with Crippen LogP contribution >= 0.6 is 0 Å². The van der Waals surface area contributed by atoms with Gasteiger partial charge >= 0.3 is 0 Å². The number of aliphatic hydroxyl groups is 1. The van der Waals surface area contributed by atoms with Crippen LogP contribution in [0.5, 0.6) is 0 Å². The molecule has 0 saturated heterocycles. The third kappa shape index (κ3) is 4.73. The van der Waals surface area contributed by atoms with E-state index in [1.165, 1.54) is 12.0 Å². The summed E-state index contributed by atoms with van der Waals surface area (Å²) in [6.45, 7) is 19.1. The molecule has 1 N–H and O–H groups in total. The maximum atomic E-state index is 12.5. The number of allylic oxidation sites excluding steroid dienone is 1. The summed E-state index contributed by atoms with van der Waals surface area (Å²) in [6, 6.07) is 14.1. The molecule has 1 unspecified atom stereocenters. The van der Waals surface area contributed by atoms with Gasteiger partial charge in [-0.05, 0) is 91.8 Å². The molecular weight excluding hydrogens is 508 g/mol. The summed E-state index contributed by atoms with van der Waals surface area (Å²) in [5.74, 6) is 1.79. The number of hydrogen-bond acceptors (Lipinski definition) is 3. The average Bonchev–Trinajstić information content (AvgIpc) is 3.27. The molecule has 40 heavy (non-hydrogen) atoms. The molecule has 0 spiro atoms. The van der Waals surface area contributed by atoms with Crippen molar-refractivity contribution >= 4 is 8.32 Å². The van der Waals surface area contributed by atoms with Gasteiger partial charge in [0.2, 0.25) is 0 Å². The zero-order chi connectivity index (χ0) is 28.8. The van der Waals surface area contributed by atoms with Gasteiger partial charge in [0.05, 0.1) is 24.4 Å². The summed E-state index contributed by atoms with van der Waals surface area (Å²) in [6.07, 6.45) is 12.6. The quantitative estimate of drug-likeness (QED) is 0.227. The minimum atomic E-state index is -1.87. The van der Waals surface area contributed by atoms with E-state index in [-0.39, 0.29) is 22.9 Å². The lowest BCUT2D eigenvalue weighted by Crippen LogP contribution is -2.64. The van der Waals surface area contributed by atoms with Gasteiger partial charge in [-0.25, -0.2) is 0 Å². The van der Waals surface area contributed by atoms with Crippen LogP contribution < -0.4 is 0 Å². The minimum Gasteiger partial charge on any atom is -0.413 e.